The highest BCUT2D eigenvalue weighted by atomic mass is 32.2. The summed E-state index contributed by atoms with van der Waals surface area (Å²) in [5, 5.41) is 4.12. The van der Waals surface area contributed by atoms with E-state index in [0.29, 0.717) is 18.4 Å². The van der Waals surface area contributed by atoms with Crippen molar-refractivity contribution in [1.29, 1.82) is 0 Å². The third-order valence-corrected chi connectivity index (χ3v) is 6.24. The fourth-order valence-corrected chi connectivity index (χ4v) is 4.83. The first-order chi connectivity index (χ1) is 12.4. The van der Waals surface area contributed by atoms with Gasteiger partial charge in [0.15, 0.2) is 0 Å². The summed E-state index contributed by atoms with van der Waals surface area (Å²) in [4.78, 5) is -0.0410. The Bertz CT molecular complexity index is 1050. The van der Waals surface area contributed by atoms with Crippen molar-refractivity contribution in [3.8, 4) is 16.9 Å². The monoisotopic (exact) mass is 386 g/mol. The number of hydrogen-bond donors (Lipinski definition) is 1. The average Bonchev–Trinajstić information content (AvgIpc) is 3.22. The first-order valence-electron chi connectivity index (χ1n) is 8.30. The number of aryl methyl sites for hydroxylation is 1. The average molecular weight is 386 g/mol. The fourth-order valence-electron chi connectivity index (χ4n) is 3.46. The van der Waals surface area contributed by atoms with Crippen LogP contribution in [-0.4, -0.2) is 19.1 Å². The molecular weight excluding hydrogens is 368 g/mol. The Labute approximate surface area is 156 Å². The van der Waals surface area contributed by atoms with Gasteiger partial charge in [0.25, 0.3) is 10.1 Å². The lowest BCUT2D eigenvalue weighted by atomic mass is 10.00. The van der Waals surface area contributed by atoms with Crippen molar-refractivity contribution in [2.75, 3.05) is 0 Å². The third-order valence-electron chi connectivity index (χ3n) is 4.60. The van der Waals surface area contributed by atoms with Gasteiger partial charge in [0, 0.05) is 18.4 Å². The lowest BCUT2D eigenvalue weighted by Crippen LogP contribution is -2.18. The van der Waals surface area contributed by atoms with Gasteiger partial charge in [-0.2, -0.15) is 19.8 Å². The summed E-state index contributed by atoms with van der Waals surface area (Å²) in [6.07, 6.45) is 0.980. The molecule has 4 nitrogen and oxygen atoms in total. The second-order valence-corrected chi connectivity index (χ2v) is 8.71. The van der Waals surface area contributed by atoms with Gasteiger partial charge in [-0.05, 0) is 46.5 Å². The van der Waals surface area contributed by atoms with Gasteiger partial charge in [-0.25, -0.2) is 0 Å². The minimum absolute atomic E-state index is 0.0410. The summed E-state index contributed by atoms with van der Waals surface area (Å²) in [6.45, 7) is 1.90. The minimum Gasteiger partial charge on any atom is -0.489 e. The normalized spacial score (nSPS) is 16.3. The van der Waals surface area contributed by atoms with E-state index < -0.39 is 10.1 Å². The zero-order valence-electron chi connectivity index (χ0n) is 14.2. The highest BCUT2D eigenvalue weighted by Gasteiger charge is 2.28. The molecule has 0 spiro atoms. The minimum atomic E-state index is -4.26. The van der Waals surface area contributed by atoms with Crippen LogP contribution in [0.15, 0.2) is 58.1 Å². The Morgan fingerprint density at radius 3 is 2.81 bits per heavy atom. The topological polar surface area (TPSA) is 63.6 Å². The molecule has 2 aromatic carbocycles. The van der Waals surface area contributed by atoms with Gasteiger partial charge in [-0.3, -0.25) is 4.55 Å². The summed E-state index contributed by atoms with van der Waals surface area (Å²) >= 11 is 1.64. The number of thiophene rings is 1. The molecule has 0 bridgehead atoms. The van der Waals surface area contributed by atoms with Crippen LogP contribution in [0.4, 0.5) is 0 Å². The first kappa shape index (κ1) is 17.3. The van der Waals surface area contributed by atoms with Crippen LogP contribution < -0.4 is 4.74 Å². The molecule has 0 saturated heterocycles. The number of fused-ring (bicyclic) bond motifs is 1. The van der Waals surface area contributed by atoms with Crippen LogP contribution in [-0.2, 0) is 23.0 Å². The molecule has 1 N–H and O–H groups in total. The first-order valence-corrected chi connectivity index (χ1v) is 10.7. The van der Waals surface area contributed by atoms with Gasteiger partial charge in [0.2, 0.25) is 0 Å². The van der Waals surface area contributed by atoms with Crippen LogP contribution >= 0.6 is 11.3 Å². The van der Waals surface area contributed by atoms with Crippen LogP contribution in [0.25, 0.3) is 11.1 Å². The van der Waals surface area contributed by atoms with E-state index >= 15 is 0 Å². The van der Waals surface area contributed by atoms with Gasteiger partial charge in [0.05, 0.1) is 4.90 Å². The molecule has 0 amide bonds. The SMILES string of the molecule is Cc1ccc(S(=O)(=O)O)c(CC2Cc3cccc(-c4ccsc4)c3O2)c1. The molecule has 134 valence electrons. The van der Waals surface area contributed by atoms with E-state index in [-0.39, 0.29) is 11.0 Å². The molecule has 6 heteroatoms. The predicted octanol–water partition coefficient (Wildman–Crippen LogP) is 4.52. The molecule has 2 heterocycles. The Morgan fingerprint density at radius 2 is 2.08 bits per heavy atom. The zero-order chi connectivity index (χ0) is 18.3. The van der Waals surface area contributed by atoms with Gasteiger partial charge < -0.3 is 4.74 Å². The maximum absolute atomic E-state index is 11.7. The number of benzene rings is 2. The van der Waals surface area contributed by atoms with Gasteiger partial charge in [0.1, 0.15) is 11.9 Å². The van der Waals surface area contributed by atoms with Crippen molar-refractivity contribution < 1.29 is 17.7 Å². The molecule has 0 saturated carbocycles. The molecule has 1 aromatic heterocycles. The lowest BCUT2D eigenvalue weighted by Gasteiger charge is -2.15. The summed E-state index contributed by atoms with van der Waals surface area (Å²) in [5.41, 5.74) is 4.84. The molecule has 1 aliphatic rings. The van der Waals surface area contributed by atoms with E-state index in [2.05, 4.69) is 11.4 Å². The molecule has 1 aliphatic heterocycles. The van der Waals surface area contributed by atoms with E-state index in [4.69, 9.17) is 4.74 Å². The largest absolute Gasteiger partial charge is 0.489 e. The fraction of sp³-hybridized carbons (Fsp3) is 0.200. The third kappa shape index (κ3) is 3.28. The molecule has 0 fully saturated rings. The van der Waals surface area contributed by atoms with Crippen molar-refractivity contribution in [2.45, 2.75) is 30.8 Å². The zero-order valence-corrected chi connectivity index (χ0v) is 15.8. The summed E-state index contributed by atoms with van der Waals surface area (Å²) in [6, 6.07) is 13.1. The Balaban J connectivity index is 1.65. The molecule has 1 atom stereocenters. The van der Waals surface area contributed by atoms with Crippen molar-refractivity contribution in [2.24, 2.45) is 0 Å². The van der Waals surface area contributed by atoms with Gasteiger partial charge in [-0.1, -0.05) is 35.9 Å². The molecular formula is C20H18O4S2. The number of rotatable bonds is 4. The molecule has 1 unspecified atom stereocenters. The predicted molar refractivity (Wildman–Crippen MR) is 103 cm³/mol. The van der Waals surface area contributed by atoms with Gasteiger partial charge in [-0.15, -0.1) is 0 Å². The maximum atomic E-state index is 11.7. The summed E-state index contributed by atoms with van der Waals surface area (Å²) in [7, 11) is -4.26. The van der Waals surface area contributed by atoms with Crippen molar-refractivity contribution >= 4 is 21.5 Å². The van der Waals surface area contributed by atoms with E-state index in [0.717, 1.165) is 28.0 Å². The van der Waals surface area contributed by atoms with Crippen LogP contribution in [0.2, 0.25) is 0 Å². The van der Waals surface area contributed by atoms with Crippen molar-refractivity contribution in [3.63, 3.8) is 0 Å². The molecule has 0 aliphatic carbocycles. The van der Waals surface area contributed by atoms with E-state index in [1.807, 2.05) is 30.5 Å². The molecule has 3 aromatic rings. The molecule has 4 rings (SSSR count). The second kappa shape index (κ2) is 6.54. The van der Waals surface area contributed by atoms with Crippen LogP contribution in [0, 0.1) is 6.92 Å². The van der Waals surface area contributed by atoms with E-state index in [9.17, 15) is 13.0 Å². The quantitative estimate of drug-likeness (QED) is 0.670. The second-order valence-electron chi connectivity index (χ2n) is 6.54. The standard InChI is InChI=1S/C20H18O4S2/c1-13-5-6-19(26(21,22)23)16(9-13)11-17-10-14-3-2-4-18(20(14)24-17)15-7-8-25-12-15/h2-9,12,17H,10-11H2,1H3,(H,21,22,23). The van der Waals surface area contributed by atoms with Crippen LogP contribution in [0.1, 0.15) is 16.7 Å². The van der Waals surface area contributed by atoms with Gasteiger partial charge >= 0.3 is 0 Å². The Hall–Kier alpha value is -2.15. The highest BCUT2D eigenvalue weighted by Crippen LogP contribution is 2.40. The van der Waals surface area contributed by atoms with Crippen LogP contribution in [0.5, 0.6) is 5.75 Å². The number of hydrogen-bond acceptors (Lipinski definition) is 4. The molecule has 0 radical (unpaired) electrons. The number of para-hydroxylation sites is 1. The Morgan fingerprint density at radius 1 is 1.23 bits per heavy atom. The molecule has 26 heavy (non-hydrogen) atoms. The van der Waals surface area contributed by atoms with Crippen LogP contribution in [0.3, 0.4) is 0 Å². The summed E-state index contributed by atoms with van der Waals surface area (Å²) in [5.74, 6) is 0.872. The Kier molecular flexibility index (Phi) is 4.34. The number of ether oxygens (including phenoxy) is 1. The van der Waals surface area contributed by atoms with Crippen molar-refractivity contribution in [1.82, 2.24) is 0 Å². The van der Waals surface area contributed by atoms with E-state index in [1.54, 1.807) is 23.5 Å². The summed E-state index contributed by atoms with van der Waals surface area (Å²) < 4.78 is 39.1. The van der Waals surface area contributed by atoms with E-state index in [1.165, 1.54) is 6.07 Å². The van der Waals surface area contributed by atoms with Crippen molar-refractivity contribution in [3.05, 3.63) is 69.9 Å². The maximum Gasteiger partial charge on any atom is 0.294 e. The highest BCUT2D eigenvalue weighted by molar-refractivity contribution is 7.85. The lowest BCUT2D eigenvalue weighted by molar-refractivity contribution is 0.233. The smallest absolute Gasteiger partial charge is 0.294 e.